The van der Waals surface area contributed by atoms with Crippen LogP contribution in [0, 0.1) is 6.92 Å². The van der Waals surface area contributed by atoms with Crippen LogP contribution in [0.25, 0.3) is 0 Å². The molecule has 1 saturated heterocycles. The lowest BCUT2D eigenvalue weighted by molar-refractivity contribution is -0.119. The largest absolute Gasteiger partial charge is 0.326 e. The van der Waals surface area contributed by atoms with Gasteiger partial charge >= 0.3 is 0 Å². The Hall–Kier alpha value is -2.05. The first-order chi connectivity index (χ1) is 11.9. The second kappa shape index (κ2) is 7.06. The summed E-state index contributed by atoms with van der Waals surface area (Å²) in [6.07, 6.45) is 2.94. The predicted molar refractivity (Wildman–Crippen MR) is 97.1 cm³/mol. The summed E-state index contributed by atoms with van der Waals surface area (Å²) in [4.78, 5) is 27.1. The third-order valence-electron chi connectivity index (χ3n) is 4.41. The normalized spacial score (nSPS) is 17.0. The fourth-order valence-corrected chi connectivity index (χ4v) is 3.52. The fourth-order valence-electron chi connectivity index (χ4n) is 3.00. The highest BCUT2D eigenvalue weighted by Gasteiger charge is 2.35. The number of likely N-dealkylation sites (tertiary alicyclic amines) is 1. The molecule has 0 unspecified atom stereocenters. The standard InChI is InChI=1S/C17H18Cl2N4O2/c1-10-14(9-20-22(10)2)17(25)23-5-3-4-15(23)16(24)21-13-7-11(18)6-12(19)8-13/h6-9,15H,3-5H2,1-2H3,(H,21,24)/t15-/m1/s1. The molecular weight excluding hydrogens is 363 g/mol. The molecule has 0 saturated carbocycles. The number of benzene rings is 1. The van der Waals surface area contributed by atoms with Crippen LogP contribution in [-0.2, 0) is 11.8 Å². The van der Waals surface area contributed by atoms with E-state index in [4.69, 9.17) is 23.2 Å². The van der Waals surface area contributed by atoms with Gasteiger partial charge in [-0.05, 0) is 38.0 Å². The van der Waals surface area contributed by atoms with E-state index in [0.717, 1.165) is 12.1 Å². The molecule has 0 radical (unpaired) electrons. The molecule has 132 valence electrons. The molecule has 1 aliphatic heterocycles. The van der Waals surface area contributed by atoms with E-state index in [-0.39, 0.29) is 11.8 Å². The van der Waals surface area contributed by atoms with Gasteiger partial charge in [-0.1, -0.05) is 23.2 Å². The Balaban J connectivity index is 1.77. The number of halogens is 2. The molecule has 0 spiro atoms. The minimum absolute atomic E-state index is 0.174. The van der Waals surface area contributed by atoms with Gasteiger partial charge in [0.2, 0.25) is 5.91 Å². The van der Waals surface area contributed by atoms with Crippen LogP contribution >= 0.6 is 23.2 Å². The number of nitrogens with zero attached hydrogens (tertiary/aromatic N) is 3. The van der Waals surface area contributed by atoms with Gasteiger partial charge in [0, 0.05) is 35.0 Å². The number of carbonyl (C=O) groups excluding carboxylic acids is 2. The molecule has 1 aromatic heterocycles. The van der Waals surface area contributed by atoms with E-state index in [2.05, 4.69) is 10.4 Å². The molecular formula is C17H18Cl2N4O2. The van der Waals surface area contributed by atoms with Crippen molar-refractivity contribution in [3.8, 4) is 0 Å². The summed E-state index contributed by atoms with van der Waals surface area (Å²) in [5, 5.41) is 7.78. The summed E-state index contributed by atoms with van der Waals surface area (Å²) in [7, 11) is 1.78. The molecule has 25 heavy (non-hydrogen) atoms. The predicted octanol–water partition coefficient (Wildman–Crippen LogP) is 3.28. The van der Waals surface area contributed by atoms with Crippen molar-refractivity contribution >= 4 is 40.7 Å². The van der Waals surface area contributed by atoms with E-state index in [1.165, 1.54) is 0 Å². The van der Waals surface area contributed by atoms with Gasteiger partial charge in [-0.3, -0.25) is 14.3 Å². The van der Waals surface area contributed by atoms with E-state index in [0.29, 0.717) is 34.3 Å². The minimum atomic E-state index is -0.523. The monoisotopic (exact) mass is 380 g/mol. The SMILES string of the molecule is Cc1c(C(=O)N2CCC[C@@H]2C(=O)Nc2cc(Cl)cc(Cl)c2)cnn1C. The average molecular weight is 381 g/mol. The molecule has 2 amide bonds. The van der Waals surface area contributed by atoms with Crippen molar-refractivity contribution in [2.24, 2.45) is 7.05 Å². The van der Waals surface area contributed by atoms with E-state index >= 15 is 0 Å². The van der Waals surface area contributed by atoms with Crippen molar-refractivity contribution in [1.29, 1.82) is 0 Å². The summed E-state index contributed by atoms with van der Waals surface area (Å²) in [6.45, 7) is 2.38. The molecule has 2 aromatic rings. The number of rotatable bonds is 3. The molecule has 1 N–H and O–H groups in total. The number of nitrogens with one attached hydrogen (secondary N) is 1. The van der Waals surface area contributed by atoms with E-state index in [1.54, 1.807) is 41.0 Å². The number of aryl methyl sites for hydroxylation is 1. The van der Waals surface area contributed by atoms with Gasteiger partial charge in [0.05, 0.1) is 11.8 Å². The van der Waals surface area contributed by atoms with Crippen LogP contribution in [-0.4, -0.2) is 39.1 Å². The molecule has 1 aromatic carbocycles. The number of aromatic nitrogens is 2. The molecule has 0 bridgehead atoms. The van der Waals surface area contributed by atoms with Crippen LogP contribution in [0.3, 0.4) is 0 Å². The van der Waals surface area contributed by atoms with E-state index in [9.17, 15) is 9.59 Å². The fraction of sp³-hybridized carbons (Fsp3) is 0.353. The van der Waals surface area contributed by atoms with Crippen molar-refractivity contribution in [2.75, 3.05) is 11.9 Å². The second-order valence-electron chi connectivity index (χ2n) is 6.07. The maximum atomic E-state index is 12.8. The summed E-state index contributed by atoms with van der Waals surface area (Å²) >= 11 is 11.9. The van der Waals surface area contributed by atoms with Crippen molar-refractivity contribution < 1.29 is 9.59 Å². The lowest BCUT2D eigenvalue weighted by atomic mass is 10.1. The van der Waals surface area contributed by atoms with Crippen molar-refractivity contribution in [3.05, 3.63) is 45.7 Å². The van der Waals surface area contributed by atoms with Gasteiger partial charge in [0.1, 0.15) is 6.04 Å². The maximum absolute atomic E-state index is 12.8. The van der Waals surface area contributed by atoms with Crippen LogP contribution in [0.4, 0.5) is 5.69 Å². The number of anilines is 1. The summed E-state index contributed by atoms with van der Waals surface area (Å²) in [5.74, 6) is -0.418. The lowest BCUT2D eigenvalue weighted by Crippen LogP contribution is -2.43. The van der Waals surface area contributed by atoms with Crippen LogP contribution in [0.1, 0.15) is 28.9 Å². The molecule has 1 atom stereocenters. The van der Waals surface area contributed by atoms with Crippen molar-refractivity contribution in [2.45, 2.75) is 25.8 Å². The number of amides is 2. The molecule has 6 nitrogen and oxygen atoms in total. The zero-order chi connectivity index (χ0) is 18.1. The topological polar surface area (TPSA) is 67.2 Å². The van der Waals surface area contributed by atoms with Gasteiger partial charge in [-0.2, -0.15) is 5.10 Å². The third kappa shape index (κ3) is 3.65. The number of hydrogen-bond acceptors (Lipinski definition) is 3. The van der Waals surface area contributed by atoms with Gasteiger partial charge in [-0.25, -0.2) is 0 Å². The molecule has 2 heterocycles. The summed E-state index contributed by atoms with van der Waals surface area (Å²) < 4.78 is 1.65. The number of carbonyl (C=O) groups is 2. The zero-order valence-corrected chi connectivity index (χ0v) is 15.4. The first-order valence-corrected chi connectivity index (χ1v) is 8.69. The molecule has 1 aliphatic rings. The van der Waals surface area contributed by atoms with Crippen molar-refractivity contribution in [3.63, 3.8) is 0 Å². The molecule has 3 rings (SSSR count). The summed E-state index contributed by atoms with van der Waals surface area (Å²) in [5.41, 5.74) is 1.81. The molecule has 1 fully saturated rings. The Morgan fingerprint density at radius 1 is 1.24 bits per heavy atom. The minimum Gasteiger partial charge on any atom is -0.326 e. The van der Waals surface area contributed by atoms with Crippen LogP contribution in [0.5, 0.6) is 0 Å². The average Bonchev–Trinajstić information content (AvgIpc) is 3.14. The van der Waals surface area contributed by atoms with Gasteiger partial charge in [0.25, 0.3) is 5.91 Å². The Bertz CT molecular complexity index is 814. The van der Waals surface area contributed by atoms with E-state index in [1.807, 2.05) is 6.92 Å². The Labute approximate surface area is 155 Å². The smallest absolute Gasteiger partial charge is 0.258 e. The van der Waals surface area contributed by atoms with Crippen molar-refractivity contribution in [1.82, 2.24) is 14.7 Å². The Morgan fingerprint density at radius 2 is 1.92 bits per heavy atom. The van der Waals surface area contributed by atoms with E-state index < -0.39 is 6.04 Å². The van der Waals surface area contributed by atoms with Gasteiger partial charge < -0.3 is 10.2 Å². The second-order valence-corrected chi connectivity index (χ2v) is 6.94. The Morgan fingerprint density at radius 3 is 2.52 bits per heavy atom. The maximum Gasteiger partial charge on any atom is 0.258 e. The summed E-state index contributed by atoms with van der Waals surface area (Å²) in [6, 6.07) is 4.31. The van der Waals surface area contributed by atoms with Crippen LogP contribution in [0.2, 0.25) is 10.0 Å². The highest BCUT2D eigenvalue weighted by molar-refractivity contribution is 6.35. The highest BCUT2D eigenvalue weighted by Crippen LogP contribution is 2.25. The lowest BCUT2D eigenvalue weighted by Gasteiger charge is -2.24. The number of hydrogen-bond donors (Lipinski definition) is 1. The van der Waals surface area contributed by atoms with Crippen LogP contribution < -0.4 is 5.32 Å². The van der Waals surface area contributed by atoms with Crippen LogP contribution in [0.15, 0.2) is 24.4 Å². The Kier molecular flexibility index (Phi) is 5.01. The molecule has 8 heteroatoms. The highest BCUT2D eigenvalue weighted by atomic mass is 35.5. The van der Waals surface area contributed by atoms with Gasteiger partial charge in [-0.15, -0.1) is 0 Å². The third-order valence-corrected chi connectivity index (χ3v) is 4.85. The molecule has 0 aliphatic carbocycles. The van der Waals surface area contributed by atoms with Gasteiger partial charge in [0.15, 0.2) is 0 Å². The zero-order valence-electron chi connectivity index (χ0n) is 13.9. The quantitative estimate of drug-likeness (QED) is 0.888. The first kappa shape index (κ1) is 17.8. The first-order valence-electron chi connectivity index (χ1n) is 7.93.